The van der Waals surface area contributed by atoms with Crippen LogP contribution in [0.25, 0.3) is 0 Å². The van der Waals surface area contributed by atoms with Crippen molar-refractivity contribution in [3.8, 4) is 0 Å². The minimum atomic E-state index is -0.226. The third-order valence-corrected chi connectivity index (χ3v) is 5.21. The molecule has 1 atom stereocenters. The van der Waals surface area contributed by atoms with Crippen LogP contribution in [0.5, 0.6) is 0 Å². The summed E-state index contributed by atoms with van der Waals surface area (Å²) in [4.78, 5) is 23.4. The molecule has 0 fully saturated rings. The van der Waals surface area contributed by atoms with Crippen molar-refractivity contribution in [1.29, 1.82) is 0 Å². The first-order valence-electron chi connectivity index (χ1n) is 11.6. The van der Waals surface area contributed by atoms with Crippen molar-refractivity contribution in [2.75, 3.05) is 7.11 Å². The van der Waals surface area contributed by atoms with Crippen LogP contribution in [-0.4, -0.2) is 25.2 Å². The van der Waals surface area contributed by atoms with E-state index in [1.807, 2.05) is 18.2 Å². The van der Waals surface area contributed by atoms with Gasteiger partial charge in [-0.05, 0) is 44.2 Å². The van der Waals surface area contributed by atoms with Gasteiger partial charge in [-0.15, -0.1) is 0 Å². The summed E-state index contributed by atoms with van der Waals surface area (Å²) in [6, 6.07) is 9.24. The van der Waals surface area contributed by atoms with Crippen LogP contribution in [0.4, 0.5) is 0 Å². The zero-order chi connectivity index (χ0) is 21.9. The molecule has 0 bridgehead atoms. The van der Waals surface area contributed by atoms with Gasteiger partial charge < -0.3 is 9.47 Å². The van der Waals surface area contributed by atoms with E-state index >= 15 is 0 Å². The van der Waals surface area contributed by atoms with Crippen LogP contribution in [0, 0.1) is 0 Å². The van der Waals surface area contributed by atoms with Gasteiger partial charge in [-0.3, -0.25) is 4.79 Å². The van der Waals surface area contributed by atoms with Gasteiger partial charge in [0.25, 0.3) is 0 Å². The SMILES string of the molecule is CCCCCC[C@@H](C/C=C\CCCCCCCC(=O)OC)OC(=O)c1ccccc1. The molecule has 0 N–H and O–H groups in total. The number of benzene rings is 1. The van der Waals surface area contributed by atoms with Crippen molar-refractivity contribution >= 4 is 11.9 Å². The smallest absolute Gasteiger partial charge is 0.338 e. The molecule has 0 amide bonds. The van der Waals surface area contributed by atoms with E-state index in [9.17, 15) is 9.59 Å². The number of ether oxygens (including phenoxy) is 2. The lowest BCUT2D eigenvalue weighted by atomic mass is 10.1. The Bertz CT molecular complexity index is 594. The molecule has 1 aromatic carbocycles. The molecule has 168 valence electrons. The maximum Gasteiger partial charge on any atom is 0.338 e. The Morgan fingerprint density at radius 1 is 0.900 bits per heavy atom. The van der Waals surface area contributed by atoms with Crippen LogP contribution in [-0.2, 0) is 14.3 Å². The Hall–Kier alpha value is -2.10. The maximum absolute atomic E-state index is 12.4. The number of hydrogen-bond donors (Lipinski definition) is 0. The van der Waals surface area contributed by atoms with Crippen LogP contribution >= 0.6 is 0 Å². The fourth-order valence-electron chi connectivity index (χ4n) is 3.35. The molecule has 0 saturated heterocycles. The number of carbonyl (C=O) groups excluding carboxylic acids is 2. The van der Waals surface area contributed by atoms with Crippen LogP contribution in [0.3, 0.4) is 0 Å². The molecule has 1 rings (SSSR count). The number of hydrogen-bond acceptors (Lipinski definition) is 4. The van der Waals surface area contributed by atoms with Crippen LogP contribution < -0.4 is 0 Å². The summed E-state index contributed by atoms with van der Waals surface area (Å²) in [7, 11) is 1.44. The van der Waals surface area contributed by atoms with E-state index in [2.05, 4.69) is 23.8 Å². The molecule has 30 heavy (non-hydrogen) atoms. The van der Waals surface area contributed by atoms with Gasteiger partial charge in [0.1, 0.15) is 6.10 Å². The van der Waals surface area contributed by atoms with Gasteiger partial charge in [0.05, 0.1) is 12.7 Å². The third-order valence-electron chi connectivity index (χ3n) is 5.21. The Morgan fingerprint density at radius 2 is 1.60 bits per heavy atom. The van der Waals surface area contributed by atoms with Crippen LogP contribution in [0.15, 0.2) is 42.5 Å². The number of allylic oxidation sites excluding steroid dienone is 1. The minimum absolute atomic E-state index is 0.0517. The largest absolute Gasteiger partial charge is 0.469 e. The molecule has 0 aliphatic carbocycles. The summed E-state index contributed by atoms with van der Waals surface area (Å²) >= 11 is 0. The van der Waals surface area contributed by atoms with Crippen molar-refractivity contribution in [1.82, 2.24) is 0 Å². The molecule has 0 heterocycles. The summed E-state index contributed by atoms with van der Waals surface area (Å²) in [5, 5.41) is 0. The zero-order valence-corrected chi connectivity index (χ0v) is 18.9. The maximum atomic E-state index is 12.4. The lowest BCUT2D eigenvalue weighted by Gasteiger charge is -2.16. The Labute approximate surface area is 183 Å². The van der Waals surface area contributed by atoms with E-state index in [1.165, 1.54) is 32.8 Å². The van der Waals surface area contributed by atoms with Gasteiger partial charge in [-0.2, -0.15) is 0 Å². The fraction of sp³-hybridized carbons (Fsp3) is 0.615. The quantitative estimate of drug-likeness (QED) is 0.155. The first-order valence-corrected chi connectivity index (χ1v) is 11.6. The van der Waals surface area contributed by atoms with Crippen molar-refractivity contribution in [3.05, 3.63) is 48.0 Å². The molecular formula is C26H40O4. The summed E-state index contributed by atoms with van der Waals surface area (Å²) < 4.78 is 10.4. The molecule has 0 spiro atoms. The van der Waals surface area contributed by atoms with Gasteiger partial charge >= 0.3 is 11.9 Å². The number of carbonyl (C=O) groups is 2. The Kier molecular flexibility index (Phi) is 15.3. The highest BCUT2D eigenvalue weighted by molar-refractivity contribution is 5.89. The van der Waals surface area contributed by atoms with Crippen molar-refractivity contribution in [2.24, 2.45) is 0 Å². The summed E-state index contributed by atoms with van der Waals surface area (Å²) in [5.41, 5.74) is 0.618. The average molecular weight is 417 g/mol. The van der Waals surface area contributed by atoms with Gasteiger partial charge in [-0.1, -0.05) is 75.8 Å². The second-order valence-corrected chi connectivity index (χ2v) is 7.83. The van der Waals surface area contributed by atoms with Crippen molar-refractivity contribution in [3.63, 3.8) is 0 Å². The third kappa shape index (κ3) is 13.2. The van der Waals surface area contributed by atoms with Gasteiger partial charge in [0.15, 0.2) is 0 Å². The summed E-state index contributed by atoms with van der Waals surface area (Å²) in [5.74, 6) is -0.341. The second kappa shape index (κ2) is 17.7. The molecule has 4 nitrogen and oxygen atoms in total. The number of esters is 2. The predicted molar refractivity (Wildman–Crippen MR) is 122 cm³/mol. The lowest BCUT2D eigenvalue weighted by Crippen LogP contribution is -2.18. The molecule has 0 aromatic heterocycles. The average Bonchev–Trinajstić information content (AvgIpc) is 2.77. The van der Waals surface area contributed by atoms with Crippen molar-refractivity contribution < 1.29 is 19.1 Å². The minimum Gasteiger partial charge on any atom is -0.469 e. The first-order chi connectivity index (χ1) is 14.7. The Morgan fingerprint density at radius 3 is 2.33 bits per heavy atom. The molecule has 4 heteroatoms. The zero-order valence-electron chi connectivity index (χ0n) is 18.9. The van der Waals surface area contributed by atoms with Gasteiger partial charge in [0, 0.05) is 12.8 Å². The molecule has 0 aliphatic heterocycles. The summed E-state index contributed by atoms with van der Waals surface area (Å²) in [6.45, 7) is 2.20. The molecule has 0 radical (unpaired) electrons. The van der Waals surface area contributed by atoms with E-state index in [4.69, 9.17) is 4.74 Å². The van der Waals surface area contributed by atoms with E-state index < -0.39 is 0 Å². The lowest BCUT2D eigenvalue weighted by molar-refractivity contribution is -0.140. The van der Waals surface area contributed by atoms with E-state index in [0.717, 1.165) is 51.4 Å². The fourth-order valence-corrected chi connectivity index (χ4v) is 3.35. The van der Waals surface area contributed by atoms with Gasteiger partial charge in [0.2, 0.25) is 0 Å². The predicted octanol–water partition coefficient (Wildman–Crippen LogP) is 7.03. The van der Waals surface area contributed by atoms with Crippen LogP contribution in [0.1, 0.15) is 101 Å². The topological polar surface area (TPSA) is 52.6 Å². The summed E-state index contributed by atoms with van der Waals surface area (Å²) in [6.07, 6.45) is 17.8. The highest BCUT2D eigenvalue weighted by Gasteiger charge is 2.14. The standard InChI is InChI=1S/C26H40O4/c1-3-4-5-15-20-24(30-26(28)23-18-13-12-14-19-23)21-16-10-8-6-7-9-11-17-22-25(27)29-2/h10,12-14,16,18-19,24H,3-9,11,15,17,20-22H2,1-2H3/b16-10-/t24-/m0/s1. The molecule has 1 aromatic rings. The van der Waals surface area contributed by atoms with E-state index in [0.29, 0.717) is 12.0 Å². The number of methoxy groups -OCH3 is 1. The number of unbranched alkanes of at least 4 members (excludes halogenated alkanes) is 8. The Balaban J connectivity index is 2.27. The normalized spacial score (nSPS) is 12.1. The highest BCUT2D eigenvalue weighted by atomic mass is 16.5. The molecular weight excluding hydrogens is 376 g/mol. The van der Waals surface area contributed by atoms with Crippen LogP contribution in [0.2, 0.25) is 0 Å². The molecule has 0 aliphatic rings. The highest BCUT2D eigenvalue weighted by Crippen LogP contribution is 2.15. The van der Waals surface area contributed by atoms with Gasteiger partial charge in [-0.25, -0.2) is 4.79 Å². The van der Waals surface area contributed by atoms with E-state index in [1.54, 1.807) is 12.1 Å². The molecule has 0 unspecified atom stereocenters. The van der Waals surface area contributed by atoms with E-state index in [-0.39, 0.29) is 18.0 Å². The monoisotopic (exact) mass is 416 g/mol. The van der Waals surface area contributed by atoms with Crippen molar-refractivity contribution in [2.45, 2.75) is 96.5 Å². The second-order valence-electron chi connectivity index (χ2n) is 7.83. The molecule has 0 saturated carbocycles. The number of rotatable bonds is 17. The first kappa shape index (κ1) is 25.9.